The third-order valence-corrected chi connectivity index (χ3v) is 3.31. The van der Waals surface area contributed by atoms with Gasteiger partial charge in [0.25, 0.3) is 5.91 Å². The number of aromatic nitrogens is 2. The Bertz CT molecular complexity index is 785. The number of alkyl halides is 3. The summed E-state index contributed by atoms with van der Waals surface area (Å²) in [5.74, 6) is -1.75. The van der Waals surface area contributed by atoms with Gasteiger partial charge in [0.1, 0.15) is 0 Å². The van der Waals surface area contributed by atoms with Crippen molar-refractivity contribution in [2.75, 3.05) is 5.32 Å². The Labute approximate surface area is 145 Å². The average Bonchev–Trinajstić information content (AvgIpc) is 2.56. The number of benzene rings is 1. The number of amides is 1. The number of carbonyl (C=O) groups is 2. The second-order valence-electron chi connectivity index (χ2n) is 4.82. The lowest BCUT2D eigenvalue weighted by atomic mass is 10.2. The molecule has 0 aliphatic heterocycles. The lowest BCUT2D eigenvalue weighted by Crippen LogP contribution is -2.30. The fourth-order valence-corrected chi connectivity index (χ4v) is 1.88. The lowest BCUT2D eigenvalue weighted by molar-refractivity contribution is -0.137. The van der Waals surface area contributed by atoms with Crippen molar-refractivity contribution in [3.8, 4) is 0 Å². The van der Waals surface area contributed by atoms with Crippen molar-refractivity contribution in [1.29, 1.82) is 0 Å². The summed E-state index contributed by atoms with van der Waals surface area (Å²) in [5, 5.41) is 2.11. The molecule has 2 aromatic rings. The quantitative estimate of drug-likeness (QED) is 0.831. The third-order valence-electron chi connectivity index (χ3n) is 2.98. The van der Waals surface area contributed by atoms with Gasteiger partial charge in [0.05, 0.1) is 22.5 Å². The van der Waals surface area contributed by atoms with Gasteiger partial charge in [0, 0.05) is 12.4 Å². The monoisotopic (exact) mass is 373 g/mol. The van der Waals surface area contributed by atoms with Gasteiger partial charge in [0.2, 0.25) is 0 Å². The predicted octanol–water partition coefficient (Wildman–Crippen LogP) is 3.33. The summed E-state index contributed by atoms with van der Waals surface area (Å²) in [6.45, 7) is 1.26. The van der Waals surface area contributed by atoms with E-state index in [2.05, 4.69) is 15.3 Å². The molecule has 10 heteroatoms. The van der Waals surface area contributed by atoms with E-state index in [4.69, 9.17) is 16.3 Å². The van der Waals surface area contributed by atoms with E-state index < -0.39 is 29.7 Å². The number of nitrogens with zero attached hydrogens (tertiary/aromatic N) is 2. The first-order chi connectivity index (χ1) is 11.7. The van der Waals surface area contributed by atoms with Crippen LogP contribution < -0.4 is 5.32 Å². The number of hydrogen-bond acceptors (Lipinski definition) is 5. The highest BCUT2D eigenvalue weighted by Gasteiger charge is 2.31. The van der Waals surface area contributed by atoms with Crippen LogP contribution in [-0.4, -0.2) is 27.9 Å². The van der Waals surface area contributed by atoms with Crippen molar-refractivity contribution in [3.63, 3.8) is 0 Å². The van der Waals surface area contributed by atoms with E-state index in [1.807, 2.05) is 0 Å². The van der Waals surface area contributed by atoms with Crippen molar-refractivity contribution in [2.24, 2.45) is 0 Å². The number of rotatable bonds is 4. The normalized spacial score (nSPS) is 12.4. The van der Waals surface area contributed by atoms with Gasteiger partial charge in [-0.3, -0.25) is 9.78 Å². The minimum absolute atomic E-state index is 0.0891. The van der Waals surface area contributed by atoms with E-state index in [1.165, 1.54) is 19.3 Å². The molecule has 25 heavy (non-hydrogen) atoms. The second kappa shape index (κ2) is 7.47. The molecule has 0 bridgehead atoms. The Hall–Kier alpha value is -2.68. The van der Waals surface area contributed by atoms with E-state index >= 15 is 0 Å². The number of nitrogens with one attached hydrogen (secondary N) is 1. The molecule has 6 nitrogen and oxygen atoms in total. The van der Waals surface area contributed by atoms with Crippen LogP contribution in [0.25, 0.3) is 0 Å². The Morgan fingerprint density at radius 1 is 1.28 bits per heavy atom. The van der Waals surface area contributed by atoms with Crippen LogP contribution in [0.5, 0.6) is 0 Å². The molecule has 0 saturated heterocycles. The van der Waals surface area contributed by atoms with E-state index in [0.29, 0.717) is 6.07 Å². The SMILES string of the molecule is C[C@H](OC(=O)c1cnccn1)C(=O)Nc1cc(C(F)(F)F)ccc1Cl. The molecule has 0 fully saturated rings. The molecule has 1 atom stereocenters. The Morgan fingerprint density at radius 3 is 2.60 bits per heavy atom. The summed E-state index contributed by atoms with van der Waals surface area (Å²) < 4.78 is 43.0. The van der Waals surface area contributed by atoms with Crippen LogP contribution in [0.3, 0.4) is 0 Å². The Morgan fingerprint density at radius 2 is 2.00 bits per heavy atom. The number of carbonyl (C=O) groups excluding carboxylic acids is 2. The van der Waals surface area contributed by atoms with Crippen molar-refractivity contribution in [2.45, 2.75) is 19.2 Å². The van der Waals surface area contributed by atoms with Crippen molar-refractivity contribution < 1.29 is 27.5 Å². The number of anilines is 1. The van der Waals surface area contributed by atoms with E-state index in [-0.39, 0.29) is 16.4 Å². The Balaban J connectivity index is 2.07. The van der Waals surface area contributed by atoms with Gasteiger partial charge < -0.3 is 10.1 Å². The molecular formula is C15H11ClF3N3O3. The molecule has 132 valence electrons. The predicted molar refractivity (Wildman–Crippen MR) is 82.0 cm³/mol. The number of hydrogen-bond donors (Lipinski definition) is 1. The first-order valence-electron chi connectivity index (χ1n) is 6.83. The first kappa shape index (κ1) is 18.7. The molecule has 0 saturated carbocycles. The smallest absolute Gasteiger partial charge is 0.416 e. The maximum absolute atomic E-state index is 12.7. The van der Waals surface area contributed by atoms with E-state index in [9.17, 15) is 22.8 Å². The van der Waals surface area contributed by atoms with Crippen LogP contribution in [0.2, 0.25) is 5.02 Å². The van der Waals surface area contributed by atoms with Crippen LogP contribution in [-0.2, 0) is 15.7 Å². The van der Waals surface area contributed by atoms with Crippen LogP contribution in [0.1, 0.15) is 23.0 Å². The maximum Gasteiger partial charge on any atom is 0.416 e. The molecule has 0 aliphatic carbocycles. The van der Waals surface area contributed by atoms with Crippen molar-refractivity contribution >= 4 is 29.2 Å². The van der Waals surface area contributed by atoms with Gasteiger partial charge in [-0.2, -0.15) is 13.2 Å². The zero-order valence-electron chi connectivity index (χ0n) is 12.7. The van der Waals surface area contributed by atoms with Crippen LogP contribution in [0.4, 0.5) is 18.9 Å². The number of ether oxygens (including phenoxy) is 1. The molecular weight excluding hydrogens is 363 g/mol. The summed E-state index contributed by atoms with van der Waals surface area (Å²) in [4.78, 5) is 31.2. The van der Waals surface area contributed by atoms with Gasteiger partial charge in [-0.15, -0.1) is 0 Å². The summed E-state index contributed by atoms with van der Waals surface area (Å²) in [6.07, 6.45) is -2.11. The zero-order valence-corrected chi connectivity index (χ0v) is 13.4. The number of halogens is 4. The van der Waals surface area contributed by atoms with Gasteiger partial charge in [-0.1, -0.05) is 11.6 Å². The molecule has 0 radical (unpaired) electrons. The first-order valence-corrected chi connectivity index (χ1v) is 7.21. The lowest BCUT2D eigenvalue weighted by Gasteiger charge is -2.15. The van der Waals surface area contributed by atoms with Gasteiger partial charge in [-0.25, -0.2) is 9.78 Å². The van der Waals surface area contributed by atoms with Crippen molar-refractivity contribution in [3.05, 3.63) is 53.1 Å². The molecule has 1 aromatic heterocycles. The minimum atomic E-state index is -4.59. The standard InChI is InChI=1S/C15H11ClF3N3O3/c1-8(25-14(24)12-7-20-4-5-21-12)13(23)22-11-6-9(15(17,18)19)2-3-10(11)16/h2-8H,1H3,(H,22,23)/t8-/m0/s1. The van der Waals surface area contributed by atoms with Gasteiger partial charge in [0.15, 0.2) is 11.8 Å². The summed E-state index contributed by atoms with van der Waals surface area (Å²) in [5.41, 5.74) is -1.33. The van der Waals surface area contributed by atoms with Gasteiger partial charge >= 0.3 is 12.1 Å². The molecule has 0 unspecified atom stereocenters. The highest BCUT2D eigenvalue weighted by molar-refractivity contribution is 6.33. The molecule has 1 heterocycles. The van der Waals surface area contributed by atoms with Crippen LogP contribution >= 0.6 is 11.6 Å². The highest BCUT2D eigenvalue weighted by Crippen LogP contribution is 2.33. The molecule has 2 rings (SSSR count). The second-order valence-corrected chi connectivity index (χ2v) is 5.23. The van der Waals surface area contributed by atoms with Crippen LogP contribution in [0.15, 0.2) is 36.8 Å². The topological polar surface area (TPSA) is 81.2 Å². The molecule has 1 N–H and O–H groups in total. The summed E-state index contributed by atoms with van der Waals surface area (Å²) in [7, 11) is 0. The van der Waals surface area contributed by atoms with E-state index in [0.717, 1.165) is 18.3 Å². The zero-order chi connectivity index (χ0) is 18.6. The third kappa shape index (κ3) is 4.90. The van der Waals surface area contributed by atoms with Crippen LogP contribution in [0, 0.1) is 0 Å². The fraction of sp³-hybridized carbons (Fsp3) is 0.200. The number of esters is 1. The van der Waals surface area contributed by atoms with E-state index in [1.54, 1.807) is 0 Å². The Kier molecular flexibility index (Phi) is 5.58. The summed E-state index contributed by atoms with van der Waals surface area (Å²) >= 11 is 5.79. The largest absolute Gasteiger partial charge is 0.448 e. The molecule has 1 amide bonds. The fourth-order valence-electron chi connectivity index (χ4n) is 1.71. The minimum Gasteiger partial charge on any atom is -0.448 e. The summed E-state index contributed by atoms with van der Waals surface area (Å²) in [6, 6.07) is 2.49. The van der Waals surface area contributed by atoms with Crippen molar-refractivity contribution in [1.82, 2.24) is 9.97 Å². The van der Waals surface area contributed by atoms with Gasteiger partial charge in [-0.05, 0) is 25.1 Å². The molecule has 1 aromatic carbocycles. The molecule has 0 spiro atoms. The molecule has 0 aliphatic rings. The average molecular weight is 374 g/mol. The maximum atomic E-state index is 12.7. The highest BCUT2D eigenvalue weighted by atomic mass is 35.5.